The Labute approximate surface area is 104 Å². The van der Waals surface area contributed by atoms with Crippen LogP contribution in [0.5, 0.6) is 0 Å². The van der Waals surface area contributed by atoms with E-state index in [9.17, 15) is 5.11 Å². The quantitative estimate of drug-likeness (QED) is 0.838. The smallest absolute Gasteiger partial charge is 0.0772 e. The normalized spacial score (nSPS) is 29.2. The first-order chi connectivity index (χ1) is 8.23. The highest BCUT2D eigenvalue weighted by molar-refractivity contribution is 5.20. The third-order valence-corrected chi connectivity index (χ3v) is 3.89. The van der Waals surface area contributed by atoms with Gasteiger partial charge in [-0.2, -0.15) is 0 Å². The van der Waals surface area contributed by atoms with Gasteiger partial charge in [0.1, 0.15) is 0 Å². The standard InChI is InChI=1S/C15H23NO/c1-2-16-12-15(17)10-8-14(9-11-15)13-6-4-3-5-7-13/h3-7,14,16-17H,2,8-12H2,1H3. The van der Waals surface area contributed by atoms with E-state index in [0.29, 0.717) is 5.92 Å². The minimum atomic E-state index is -0.471. The van der Waals surface area contributed by atoms with Gasteiger partial charge in [0, 0.05) is 6.54 Å². The molecule has 2 rings (SSSR count). The first-order valence-electron chi connectivity index (χ1n) is 6.71. The zero-order valence-corrected chi connectivity index (χ0v) is 10.7. The van der Waals surface area contributed by atoms with Crippen molar-refractivity contribution in [2.45, 2.75) is 44.1 Å². The molecule has 0 aromatic heterocycles. The van der Waals surface area contributed by atoms with Crippen LogP contribution in [0.1, 0.15) is 44.1 Å². The molecule has 1 fully saturated rings. The van der Waals surface area contributed by atoms with Crippen molar-refractivity contribution in [3.05, 3.63) is 35.9 Å². The number of likely N-dealkylation sites (N-methyl/N-ethyl adjacent to an activating group) is 1. The summed E-state index contributed by atoms with van der Waals surface area (Å²) >= 11 is 0. The predicted octanol–water partition coefficient (Wildman–Crippen LogP) is 2.68. The molecule has 0 atom stereocenters. The summed E-state index contributed by atoms with van der Waals surface area (Å²) in [7, 11) is 0. The monoisotopic (exact) mass is 233 g/mol. The highest BCUT2D eigenvalue weighted by atomic mass is 16.3. The SMILES string of the molecule is CCNCC1(O)CCC(c2ccccc2)CC1. The summed E-state index contributed by atoms with van der Waals surface area (Å²) in [6, 6.07) is 10.7. The Kier molecular flexibility index (Phi) is 4.19. The Morgan fingerprint density at radius 2 is 1.88 bits per heavy atom. The largest absolute Gasteiger partial charge is 0.389 e. The maximum absolute atomic E-state index is 10.4. The van der Waals surface area contributed by atoms with Gasteiger partial charge in [-0.25, -0.2) is 0 Å². The lowest BCUT2D eigenvalue weighted by Crippen LogP contribution is -2.43. The van der Waals surface area contributed by atoms with Crippen molar-refractivity contribution in [3.63, 3.8) is 0 Å². The second-order valence-corrected chi connectivity index (χ2v) is 5.19. The number of benzene rings is 1. The molecule has 0 amide bonds. The highest BCUT2D eigenvalue weighted by Gasteiger charge is 2.32. The second-order valence-electron chi connectivity index (χ2n) is 5.19. The van der Waals surface area contributed by atoms with Crippen LogP contribution in [-0.4, -0.2) is 23.8 Å². The first-order valence-corrected chi connectivity index (χ1v) is 6.71. The Morgan fingerprint density at radius 3 is 2.47 bits per heavy atom. The molecule has 0 heterocycles. The molecule has 17 heavy (non-hydrogen) atoms. The van der Waals surface area contributed by atoms with Crippen molar-refractivity contribution in [1.82, 2.24) is 5.32 Å². The molecule has 2 nitrogen and oxygen atoms in total. The van der Waals surface area contributed by atoms with E-state index in [2.05, 4.69) is 42.6 Å². The topological polar surface area (TPSA) is 32.3 Å². The van der Waals surface area contributed by atoms with Gasteiger partial charge < -0.3 is 10.4 Å². The van der Waals surface area contributed by atoms with Gasteiger partial charge in [-0.1, -0.05) is 37.3 Å². The van der Waals surface area contributed by atoms with Crippen LogP contribution >= 0.6 is 0 Å². The van der Waals surface area contributed by atoms with Crippen LogP contribution in [0.2, 0.25) is 0 Å². The summed E-state index contributed by atoms with van der Waals surface area (Å²) < 4.78 is 0. The highest BCUT2D eigenvalue weighted by Crippen LogP contribution is 2.37. The van der Waals surface area contributed by atoms with Gasteiger partial charge in [0.25, 0.3) is 0 Å². The van der Waals surface area contributed by atoms with Gasteiger partial charge >= 0.3 is 0 Å². The van der Waals surface area contributed by atoms with Crippen LogP contribution in [-0.2, 0) is 0 Å². The lowest BCUT2D eigenvalue weighted by atomic mass is 9.76. The fourth-order valence-electron chi connectivity index (χ4n) is 2.75. The van der Waals surface area contributed by atoms with Gasteiger partial charge in [-0.3, -0.25) is 0 Å². The molecule has 94 valence electrons. The molecule has 2 N–H and O–H groups in total. The summed E-state index contributed by atoms with van der Waals surface area (Å²) in [5.41, 5.74) is 0.958. The van der Waals surface area contributed by atoms with Crippen molar-refractivity contribution >= 4 is 0 Å². The molecule has 0 bridgehead atoms. The fraction of sp³-hybridized carbons (Fsp3) is 0.600. The number of aliphatic hydroxyl groups is 1. The first kappa shape index (κ1) is 12.6. The Bertz CT molecular complexity index is 328. The van der Waals surface area contributed by atoms with Gasteiger partial charge in [0.05, 0.1) is 5.60 Å². The molecule has 0 unspecified atom stereocenters. The number of hydrogen-bond acceptors (Lipinski definition) is 2. The van der Waals surface area contributed by atoms with Crippen LogP contribution < -0.4 is 5.32 Å². The van der Waals surface area contributed by atoms with Gasteiger partial charge in [0.15, 0.2) is 0 Å². The van der Waals surface area contributed by atoms with Gasteiger partial charge in [0.2, 0.25) is 0 Å². The van der Waals surface area contributed by atoms with Gasteiger partial charge in [-0.15, -0.1) is 0 Å². The average molecular weight is 233 g/mol. The number of hydrogen-bond donors (Lipinski definition) is 2. The Hall–Kier alpha value is -0.860. The summed E-state index contributed by atoms with van der Waals surface area (Å²) in [6.45, 7) is 3.76. The minimum Gasteiger partial charge on any atom is -0.389 e. The maximum Gasteiger partial charge on any atom is 0.0772 e. The minimum absolute atomic E-state index is 0.471. The lowest BCUT2D eigenvalue weighted by molar-refractivity contribution is 0.000518. The molecule has 0 aliphatic heterocycles. The molecule has 2 heteroatoms. The molecular weight excluding hydrogens is 210 g/mol. The van der Waals surface area contributed by atoms with Crippen molar-refractivity contribution in [3.8, 4) is 0 Å². The van der Waals surface area contributed by atoms with E-state index >= 15 is 0 Å². The second kappa shape index (κ2) is 5.65. The summed E-state index contributed by atoms with van der Waals surface area (Å²) in [5.74, 6) is 0.637. The predicted molar refractivity (Wildman–Crippen MR) is 71.1 cm³/mol. The summed E-state index contributed by atoms with van der Waals surface area (Å²) in [4.78, 5) is 0. The molecular formula is C15H23NO. The molecule has 0 spiro atoms. The van der Waals surface area contributed by atoms with Crippen molar-refractivity contribution in [1.29, 1.82) is 0 Å². The fourth-order valence-corrected chi connectivity index (χ4v) is 2.75. The Balaban J connectivity index is 1.90. The molecule has 0 radical (unpaired) electrons. The van der Waals surface area contributed by atoms with E-state index in [1.54, 1.807) is 0 Å². The maximum atomic E-state index is 10.4. The van der Waals surface area contributed by atoms with Crippen molar-refractivity contribution in [2.24, 2.45) is 0 Å². The van der Waals surface area contributed by atoms with Gasteiger partial charge in [-0.05, 0) is 43.7 Å². The van der Waals surface area contributed by atoms with E-state index in [4.69, 9.17) is 0 Å². The number of rotatable bonds is 4. The third-order valence-electron chi connectivity index (χ3n) is 3.89. The summed E-state index contributed by atoms with van der Waals surface area (Å²) in [6.07, 6.45) is 4.04. The van der Waals surface area contributed by atoms with Crippen LogP contribution in [0.4, 0.5) is 0 Å². The summed E-state index contributed by atoms with van der Waals surface area (Å²) in [5, 5.41) is 13.7. The average Bonchev–Trinajstić information content (AvgIpc) is 2.38. The number of nitrogens with one attached hydrogen (secondary N) is 1. The van der Waals surface area contributed by atoms with Crippen molar-refractivity contribution < 1.29 is 5.11 Å². The van der Waals surface area contributed by atoms with E-state index in [1.165, 1.54) is 5.56 Å². The van der Waals surface area contributed by atoms with Crippen LogP contribution in [0.15, 0.2) is 30.3 Å². The van der Waals surface area contributed by atoms with Crippen LogP contribution in [0, 0.1) is 0 Å². The van der Waals surface area contributed by atoms with Crippen molar-refractivity contribution in [2.75, 3.05) is 13.1 Å². The zero-order valence-electron chi connectivity index (χ0n) is 10.7. The zero-order chi connectivity index (χ0) is 12.1. The molecule has 1 aromatic rings. The van der Waals surface area contributed by atoms with E-state index in [0.717, 1.165) is 38.8 Å². The molecule has 1 aliphatic rings. The molecule has 1 aromatic carbocycles. The molecule has 1 aliphatic carbocycles. The van der Waals surface area contributed by atoms with E-state index in [1.807, 2.05) is 0 Å². The molecule has 0 saturated heterocycles. The van der Waals surface area contributed by atoms with Crippen LogP contribution in [0.25, 0.3) is 0 Å². The van der Waals surface area contributed by atoms with Crippen LogP contribution in [0.3, 0.4) is 0 Å². The Morgan fingerprint density at radius 1 is 1.24 bits per heavy atom. The van der Waals surface area contributed by atoms with E-state index in [-0.39, 0.29) is 0 Å². The van der Waals surface area contributed by atoms with E-state index < -0.39 is 5.60 Å². The lowest BCUT2D eigenvalue weighted by Gasteiger charge is -2.36. The molecule has 1 saturated carbocycles. The third kappa shape index (κ3) is 3.30.